The Morgan fingerprint density at radius 3 is 2.46 bits per heavy atom. The summed E-state index contributed by atoms with van der Waals surface area (Å²) in [4.78, 5) is 3.41. The third-order valence-corrected chi connectivity index (χ3v) is 4.29. The average Bonchev–Trinajstić information content (AvgIpc) is 3.11. The number of nitrogens with zero attached hydrogens (tertiary/aromatic N) is 2. The molecule has 0 amide bonds. The Morgan fingerprint density at radius 2 is 1.85 bits per heavy atom. The van der Waals surface area contributed by atoms with Crippen molar-refractivity contribution in [2.45, 2.75) is 12.8 Å². The zero-order chi connectivity index (χ0) is 18.7. The highest BCUT2D eigenvalue weighted by Gasteiger charge is 2.38. The minimum atomic E-state index is -4.69. The number of halogens is 4. The van der Waals surface area contributed by atoms with E-state index in [9.17, 15) is 13.2 Å². The fourth-order valence-corrected chi connectivity index (χ4v) is 2.84. The maximum absolute atomic E-state index is 12.6. The molecule has 1 heterocycles. The van der Waals surface area contributed by atoms with Gasteiger partial charge in [0.2, 0.25) is 5.82 Å². The lowest BCUT2D eigenvalue weighted by Gasteiger charge is -2.13. The lowest BCUT2D eigenvalue weighted by atomic mass is 10.2. The van der Waals surface area contributed by atoms with E-state index in [1.807, 2.05) is 52.9 Å². The summed E-state index contributed by atoms with van der Waals surface area (Å²) in [5.74, 6) is -0.750. The van der Waals surface area contributed by atoms with Gasteiger partial charge in [-0.3, -0.25) is 0 Å². The van der Waals surface area contributed by atoms with E-state index in [2.05, 4.69) is 14.7 Å². The van der Waals surface area contributed by atoms with E-state index in [0.29, 0.717) is 27.2 Å². The average molecular weight is 476 g/mol. The zero-order valence-electron chi connectivity index (χ0n) is 13.4. The molecule has 0 bridgehead atoms. The van der Waals surface area contributed by atoms with Crippen LogP contribution in [0.5, 0.6) is 11.5 Å². The quantitative estimate of drug-likeness (QED) is 0.488. The summed E-state index contributed by atoms with van der Waals surface area (Å²) in [6.07, 6.45) is -4.69. The first-order chi connectivity index (χ1) is 12.4. The van der Waals surface area contributed by atoms with Crippen molar-refractivity contribution >= 4 is 22.6 Å². The Hall–Kier alpha value is -2.30. The zero-order valence-corrected chi connectivity index (χ0v) is 15.5. The molecule has 0 spiro atoms. The van der Waals surface area contributed by atoms with Gasteiger partial charge >= 0.3 is 12.1 Å². The van der Waals surface area contributed by atoms with Crippen LogP contribution in [0.3, 0.4) is 0 Å². The van der Waals surface area contributed by atoms with Crippen molar-refractivity contribution in [3.63, 3.8) is 0 Å². The second-order valence-electron chi connectivity index (χ2n) is 5.18. The fraction of sp³-hybridized carbons (Fsp3) is 0.176. The summed E-state index contributed by atoms with van der Waals surface area (Å²) >= 11 is 1.97. The topological polar surface area (TPSA) is 57.4 Å². The largest absolute Gasteiger partial charge is 0.493 e. The first kappa shape index (κ1) is 18.5. The maximum atomic E-state index is 12.6. The maximum Gasteiger partial charge on any atom is 0.471 e. The van der Waals surface area contributed by atoms with E-state index < -0.39 is 12.1 Å². The van der Waals surface area contributed by atoms with Crippen LogP contribution in [0, 0.1) is 3.57 Å². The summed E-state index contributed by atoms with van der Waals surface area (Å²) in [6.45, 7) is 0.326. The van der Waals surface area contributed by atoms with Gasteiger partial charge in [-0.15, -0.1) is 0 Å². The van der Waals surface area contributed by atoms with Crippen molar-refractivity contribution in [2.24, 2.45) is 0 Å². The molecular formula is C17H12F3IN2O3. The Bertz CT molecular complexity index is 898. The highest BCUT2D eigenvalue weighted by Crippen LogP contribution is 2.37. The molecule has 0 saturated carbocycles. The molecule has 9 heteroatoms. The minimum Gasteiger partial charge on any atom is -0.493 e. The molecule has 3 aromatic rings. The predicted octanol–water partition coefficient (Wildman–Crippen LogP) is 4.95. The lowest BCUT2D eigenvalue weighted by molar-refractivity contribution is -0.159. The molecule has 0 aliphatic heterocycles. The van der Waals surface area contributed by atoms with Crippen molar-refractivity contribution in [3.05, 3.63) is 57.5 Å². The molecule has 3 rings (SSSR count). The van der Waals surface area contributed by atoms with Gasteiger partial charge < -0.3 is 14.0 Å². The molecule has 0 fully saturated rings. The van der Waals surface area contributed by atoms with Crippen LogP contribution in [0.4, 0.5) is 13.2 Å². The Balaban J connectivity index is 1.88. The second-order valence-corrected chi connectivity index (χ2v) is 6.34. The summed E-state index contributed by atoms with van der Waals surface area (Å²) in [5, 5.41) is 3.41. The number of hydrogen-bond donors (Lipinski definition) is 0. The smallest absolute Gasteiger partial charge is 0.471 e. The van der Waals surface area contributed by atoms with Crippen molar-refractivity contribution in [2.75, 3.05) is 7.11 Å². The molecule has 0 atom stereocenters. The van der Waals surface area contributed by atoms with Crippen LogP contribution < -0.4 is 9.47 Å². The highest BCUT2D eigenvalue weighted by atomic mass is 127. The molecule has 136 valence electrons. The normalized spacial score (nSPS) is 11.4. The van der Waals surface area contributed by atoms with Crippen molar-refractivity contribution in [1.29, 1.82) is 0 Å². The monoisotopic (exact) mass is 476 g/mol. The molecular weight excluding hydrogens is 464 g/mol. The molecule has 0 aliphatic rings. The number of benzene rings is 2. The molecule has 26 heavy (non-hydrogen) atoms. The number of aromatic nitrogens is 2. The van der Waals surface area contributed by atoms with Crippen LogP contribution in [0.15, 0.2) is 47.0 Å². The highest BCUT2D eigenvalue weighted by molar-refractivity contribution is 14.1. The molecule has 0 saturated heterocycles. The van der Waals surface area contributed by atoms with E-state index in [0.717, 1.165) is 5.56 Å². The summed E-state index contributed by atoms with van der Waals surface area (Å²) in [7, 11) is 1.44. The first-order valence-electron chi connectivity index (χ1n) is 7.34. The van der Waals surface area contributed by atoms with Gasteiger partial charge in [-0.05, 0) is 40.3 Å². The van der Waals surface area contributed by atoms with Gasteiger partial charge in [0.25, 0.3) is 0 Å². The second kappa shape index (κ2) is 7.52. The third kappa shape index (κ3) is 4.09. The van der Waals surface area contributed by atoms with Crippen LogP contribution in [0.1, 0.15) is 11.5 Å². The van der Waals surface area contributed by atoms with Gasteiger partial charge in [-0.25, -0.2) is 0 Å². The SMILES string of the molecule is COc1cc(-c2noc(C(F)(F)F)n2)c(I)cc1OCc1ccccc1. The lowest BCUT2D eigenvalue weighted by Crippen LogP contribution is -2.05. The number of methoxy groups -OCH3 is 1. The van der Waals surface area contributed by atoms with Crippen molar-refractivity contribution in [1.82, 2.24) is 10.1 Å². The Kier molecular flexibility index (Phi) is 5.35. The molecule has 0 unspecified atom stereocenters. The standard InChI is InChI=1S/C17H12F3IN2O3/c1-24-13-7-11(15-22-16(26-23-15)17(18,19)20)12(21)8-14(13)25-9-10-5-3-2-4-6-10/h2-8H,9H2,1H3. The first-order valence-corrected chi connectivity index (χ1v) is 8.42. The van der Waals surface area contributed by atoms with Gasteiger partial charge in [-0.2, -0.15) is 18.2 Å². The van der Waals surface area contributed by atoms with Gasteiger partial charge in [0.05, 0.1) is 7.11 Å². The number of rotatable bonds is 5. The van der Waals surface area contributed by atoms with E-state index in [-0.39, 0.29) is 5.82 Å². The Labute approximate surface area is 160 Å². The molecule has 0 radical (unpaired) electrons. The number of hydrogen-bond acceptors (Lipinski definition) is 5. The summed E-state index contributed by atoms with van der Waals surface area (Å²) in [5.41, 5.74) is 1.33. The molecule has 5 nitrogen and oxygen atoms in total. The Morgan fingerprint density at radius 1 is 1.12 bits per heavy atom. The summed E-state index contributed by atoms with van der Waals surface area (Å²) in [6, 6.07) is 12.7. The molecule has 2 aromatic carbocycles. The molecule has 0 N–H and O–H groups in total. The number of alkyl halides is 3. The van der Waals surface area contributed by atoms with Crippen LogP contribution in [0.2, 0.25) is 0 Å². The minimum absolute atomic E-state index is 0.172. The van der Waals surface area contributed by atoms with Gasteiger partial charge in [0, 0.05) is 9.13 Å². The third-order valence-electron chi connectivity index (χ3n) is 3.40. The van der Waals surface area contributed by atoms with Gasteiger partial charge in [0.1, 0.15) is 6.61 Å². The number of ether oxygens (including phenoxy) is 2. The van der Waals surface area contributed by atoms with Crippen molar-refractivity contribution in [3.8, 4) is 22.9 Å². The van der Waals surface area contributed by atoms with Crippen LogP contribution in [0.25, 0.3) is 11.4 Å². The van der Waals surface area contributed by atoms with Crippen molar-refractivity contribution < 1.29 is 27.2 Å². The van der Waals surface area contributed by atoms with Crippen LogP contribution >= 0.6 is 22.6 Å². The van der Waals surface area contributed by atoms with Gasteiger partial charge in [0.15, 0.2) is 11.5 Å². The molecule has 0 aliphatic carbocycles. The fourth-order valence-electron chi connectivity index (χ4n) is 2.16. The van der Waals surface area contributed by atoms with E-state index in [4.69, 9.17) is 9.47 Å². The summed E-state index contributed by atoms with van der Waals surface area (Å²) < 4.78 is 53.9. The molecule has 1 aromatic heterocycles. The van der Waals surface area contributed by atoms with E-state index >= 15 is 0 Å². The predicted molar refractivity (Wildman–Crippen MR) is 94.8 cm³/mol. The van der Waals surface area contributed by atoms with Crippen LogP contribution in [-0.4, -0.2) is 17.3 Å². The van der Waals surface area contributed by atoms with E-state index in [1.54, 1.807) is 6.07 Å². The van der Waals surface area contributed by atoms with E-state index in [1.165, 1.54) is 13.2 Å². The van der Waals surface area contributed by atoms with Gasteiger partial charge in [-0.1, -0.05) is 35.5 Å². The van der Waals surface area contributed by atoms with Crippen LogP contribution in [-0.2, 0) is 12.8 Å².